The zero-order valence-corrected chi connectivity index (χ0v) is 10.1. The van der Waals surface area contributed by atoms with Crippen molar-refractivity contribution >= 4 is 17.3 Å². The Labute approximate surface area is 110 Å². The van der Waals surface area contributed by atoms with Crippen molar-refractivity contribution in [2.45, 2.75) is 6.23 Å². The van der Waals surface area contributed by atoms with E-state index in [9.17, 15) is 9.90 Å². The molecule has 1 amide bonds. The van der Waals surface area contributed by atoms with Crippen LogP contribution in [-0.2, 0) is 4.79 Å². The number of benzene rings is 2. The van der Waals surface area contributed by atoms with Gasteiger partial charge in [0.15, 0.2) is 0 Å². The fourth-order valence-electron chi connectivity index (χ4n) is 2.07. The van der Waals surface area contributed by atoms with E-state index >= 15 is 0 Å². The van der Waals surface area contributed by atoms with Crippen LogP contribution in [0.25, 0.3) is 0 Å². The minimum atomic E-state index is -1.39. The number of amides is 1. The molecule has 1 aliphatic rings. The quantitative estimate of drug-likeness (QED) is 0.812. The second-order valence-corrected chi connectivity index (χ2v) is 4.25. The van der Waals surface area contributed by atoms with E-state index in [0.717, 1.165) is 11.1 Å². The van der Waals surface area contributed by atoms with Gasteiger partial charge in [0.05, 0.1) is 11.4 Å². The Morgan fingerprint density at radius 3 is 2.47 bits per heavy atom. The average molecular weight is 252 g/mol. The molecule has 0 saturated heterocycles. The van der Waals surface area contributed by atoms with E-state index in [1.165, 1.54) is 0 Å². The third kappa shape index (κ3) is 2.13. The molecule has 4 heteroatoms. The maximum atomic E-state index is 11.7. The molecule has 3 rings (SSSR count). The number of aliphatic hydroxyl groups is 1. The predicted octanol–water partition coefficient (Wildman–Crippen LogP) is 1.79. The number of para-hydroxylation sites is 1. The van der Waals surface area contributed by atoms with E-state index in [1.807, 2.05) is 48.5 Å². The first kappa shape index (κ1) is 11.6. The van der Waals surface area contributed by atoms with Gasteiger partial charge < -0.3 is 10.4 Å². The molecule has 1 aliphatic heterocycles. The minimum absolute atomic E-state index is 0.515. The lowest BCUT2D eigenvalue weighted by Crippen LogP contribution is -2.24. The number of hydrogen-bond acceptors (Lipinski definition) is 3. The molecule has 4 nitrogen and oxygen atoms in total. The Morgan fingerprint density at radius 2 is 1.68 bits per heavy atom. The van der Waals surface area contributed by atoms with Crippen LogP contribution < -0.4 is 5.32 Å². The van der Waals surface area contributed by atoms with Gasteiger partial charge in [-0.1, -0.05) is 48.5 Å². The maximum Gasteiger partial charge on any atom is 0.276 e. The van der Waals surface area contributed by atoms with E-state index in [4.69, 9.17) is 0 Å². The number of nitrogens with one attached hydrogen (secondary N) is 1. The minimum Gasteiger partial charge on any atom is -0.364 e. The SMILES string of the molecule is O=C1Nc2ccccc2C(c2ccccc2)=N[C@@H]1O. The van der Waals surface area contributed by atoms with Crippen molar-refractivity contribution in [3.05, 3.63) is 65.7 Å². The lowest BCUT2D eigenvalue weighted by molar-refractivity contribution is -0.123. The van der Waals surface area contributed by atoms with Crippen LogP contribution >= 0.6 is 0 Å². The number of hydrogen-bond donors (Lipinski definition) is 2. The summed E-state index contributed by atoms with van der Waals surface area (Å²) >= 11 is 0. The van der Waals surface area contributed by atoms with Crippen molar-refractivity contribution in [2.75, 3.05) is 5.32 Å². The summed E-state index contributed by atoms with van der Waals surface area (Å²) in [6.07, 6.45) is -1.39. The third-order valence-corrected chi connectivity index (χ3v) is 2.97. The summed E-state index contributed by atoms with van der Waals surface area (Å²) in [6.45, 7) is 0. The molecule has 19 heavy (non-hydrogen) atoms. The van der Waals surface area contributed by atoms with Gasteiger partial charge in [-0.05, 0) is 6.07 Å². The Balaban J connectivity index is 2.21. The number of nitrogens with zero attached hydrogens (tertiary/aromatic N) is 1. The van der Waals surface area contributed by atoms with Crippen LogP contribution in [-0.4, -0.2) is 23.0 Å². The topological polar surface area (TPSA) is 61.7 Å². The Bertz CT molecular complexity index is 650. The largest absolute Gasteiger partial charge is 0.364 e. The average Bonchev–Trinajstić information content (AvgIpc) is 2.58. The van der Waals surface area contributed by atoms with E-state index in [0.29, 0.717) is 11.4 Å². The van der Waals surface area contributed by atoms with Crippen molar-refractivity contribution < 1.29 is 9.90 Å². The van der Waals surface area contributed by atoms with Crippen LogP contribution in [0.2, 0.25) is 0 Å². The zero-order valence-electron chi connectivity index (χ0n) is 10.1. The molecule has 2 aromatic carbocycles. The van der Waals surface area contributed by atoms with Gasteiger partial charge in [-0.15, -0.1) is 0 Å². The number of aliphatic hydroxyl groups excluding tert-OH is 1. The van der Waals surface area contributed by atoms with Crippen molar-refractivity contribution in [1.82, 2.24) is 0 Å². The normalized spacial score (nSPS) is 18.1. The smallest absolute Gasteiger partial charge is 0.276 e. The molecule has 0 spiro atoms. The molecule has 0 bridgehead atoms. The monoisotopic (exact) mass is 252 g/mol. The second kappa shape index (κ2) is 4.66. The molecule has 0 aliphatic carbocycles. The number of aliphatic imine (C=N–C) groups is 1. The summed E-state index contributed by atoms with van der Waals surface area (Å²) in [5.74, 6) is -0.515. The molecule has 2 aromatic rings. The van der Waals surface area contributed by atoms with Gasteiger partial charge >= 0.3 is 0 Å². The molecule has 0 fully saturated rings. The van der Waals surface area contributed by atoms with Crippen LogP contribution in [0.15, 0.2) is 59.6 Å². The molecule has 94 valence electrons. The van der Waals surface area contributed by atoms with Crippen molar-refractivity contribution in [2.24, 2.45) is 4.99 Å². The van der Waals surface area contributed by atoms with E-state index in [2.05, 4.69) is 10.3 Å². The van der Waals surface area contributed by atoms with Crippen LogP contribution in [0.5, 0.6) is 0 Å². The highest BCUT2D eigenvalue weighted by Gasteiger charge is 2.23. The molecule has 0 unspecified atom stereocenters. The highest BCUT2D eigenvalue weighted by Crippen LogP contribution is 2.23. The van der Waals surface area contributed by atoms with Gasteiger partial charge in [0.25, 0.3) is 5.91 Å². The van der Waals surface area contributed by atoms with Crippen molar-refractivity contribution in [3.63, 3.8) is 0 Å². The molecular weight excluding hydrogens is 240 g/mol. The number of carbonyl (C=O) groups is 1. The maximum absolute atomic E-state index is 11.7. The predicted molar refractivity (Wildman–Crippen MR) is 73.2 cm³/mol. The van der Waals surface area contributed by atoms with E-state index in [-0.39, 0.29) is 0 Å². The van der Waals surface area contributed by atoms with Gasteiger partial charge in [0, 0.05) is 11.1 Å². The fourth-order valence-corrected chi connectivity index (χ4v) is 2.07. The van der Waals surface area contributed by atoms with Crippen molar-refractivity contribution in [3.8, 4) is 0 Å². The summed E-state index contributed by atoms with van der Waals surface area (Å²) in [6, 6.07) is 16.9. The van der Waals surface area contributed by atoms with Crippen LogP contribution in [0.1, 0.15) is 11.1 Å². The molecule has 2 N–H and O–H groups in total. The van der Waals surface area contributed by atoms with E-state index in [1.54, 1.807) is 6.07 Å². The van der Waals surface area contributed by atoms with Crippen LogP contribution in [0.4, 0.5) is 5.69 Å². The molecule has 0 saturated carbocycles. The highest BCUT2D eigenvalue weighted by atomic mass is 16.3. The Hall–Kier alpha value is -2.46. The summed E-state index contributed by atoms with van der Waals surface area (Å²) in [4.78, 5) is 15.8. The van der Waals surface area contributed by atoms with Crippen LogP contribution in [0.3, 0.4) is 0 Å². The lowest BCUT2D eigenvalue weighted by Gasteiger charge is -2.08. The Kier molecular flexibility index (Phi) is 2.85. The number of benzodiazepines with no additional fused rings is 1. The van der Waals surface area contributed by atoms with Gasteiger partial charge in [-0.25, -0.2) is 4.99 Å². The highest BCUT2D eigenvalue weighted by molar-refractivity contribution is 6.19. The van der Waals surface area contributed by atoms with Crippen molar-refractivity contribution in [1.29, 1.82) is 0 Å². The summed E-state index contributed by atoms with van der Waals surface area (Å²) in [7, 11) is 0. The Morgan fingerprint density at radius 1 is 1.00 bits per heavy atom. The third-order valence-electron chi connectivity index (χ3n) is 2.97. The molecule has 1 heterocycles. The number of rotatable bonds is 1. The lowest BCUT2D eigenvalue weighted by atomic mass is 10.0. The van der Waals surface area contributed by atoms with Crippen LogP contribution in [0, 0.1) is 0 Å². The molecule has 1 atom stereocenters. The zero-order chi connectivity index (χ0) is 13.2. The summed E-state index contributed by atoms with van der Waals surface area (Å²) < 4.78 is 0. The van der Waals surface area contributed by atoms with Gasteiger partial charge in [0.2, 0.25) is 6.23 Å². The number of carbonyl (C=O) groups excluding carboxylic acids is 1. The first-order valence-corrected chi connectivity index (χ1v) is 5.97. The van der Waals surface area contributed by atoms with Gasteiger partial charge in [-0.3, -0.25) is 4.79 Å². The van der Waals surface area contributed by atoms with E-state index < -0.39 is 12.1 Å². The second-order valence-electron chi connectivity index (χ2n) is 4.25. The standard InChI is InChI=1S/C15H12N2O2/c18-14-15(19)17-13(10-6-2-1-3-7-10)11-8-4-5-9-12(11)16-14/h1-9,15,19H,(H,16,18)/t15-/m1/s1. The molecule has 0 radical (unpaired) electrons. The number of fused-ring (bicyclic) bond motifs is 1. The summed E-state index contributed by atoms with van der Waals surface area (Å²) in [5.41, 5.74) is 2.94. The fraction of sp³-hybridized carbons (Fsp3) is 0.0667. The number of anilines is 1. The molecule has 0 aromatic heterocycles. The van der Waals surface area contributed by atoms with Gasteiger partial charge in [0.1, 0.15) is 0 Å². The first-order valence-electron chi connectivity index (χ1n) is 5.97. The first-order chi connectivity index (χ1) is 9.25. The molecular formula is C15H12N2O2. The van der Waals surface area contributed by atoms with Gasteiger partial charge in [-0.2, -0.15) is 0 Å². The summed E-state index contributed by atoms with van der Waals surface area (Å²) in [5, 5.41) is 12.4.